The lowest BCUT2D eigenvalue weighted by molar-refractivity contribution is 0.178. The fraction of sp³-hybridized carbons (Fsp3) is 0.250. The molecule has 2 rings (SSSR count). The third-order valence-corrected chi connectivity index (χ3v) is 4.34. The van der Waals surface area contributed by atoms with Crippen molar-refractivity contribution >= 4 is 23.4 Å². The highest BCUT2D eigenvalue weighted by molar-refractivity contribution is 7.99. The van der Waals surface area contributed by atoms with Crippen LogP contribution < -0.4 is 0 Å². The van der Waals surface area contributed by atoms with Crippen LogP contribution in [0.2, 0.25) is 5.02 Å². The first-order chi connectivity index (χ1) is 9.61. The van der Waals surface area contributed by atoms with Crippen molar-refractivity contribution in [2.45, 2.75) is 24.3 Å². The second kappa shape index (κ2) is 7.11. The predicted octanol–water partition coefficient (Wildman–Crippen LogP) is 4.87. The van der Waals surface area contributed by atoms with Crippen LogP contribution in [0, 0.1) is 5.82 Å². The maximum atomic E-state index is 13.4. The summed E-state index contributed by atoms with van der Waals surface area (Å²) < 4.78 is 13.4. The molecule has 106 valence electrons. The van der Waals surface area contributed by atoms with E-state index in [4.69, 9.17) is 11.6 Å². The molecule has 20 heavy (non-hydrogen) atoms. The van der Waals surface area contributed by atoms with E-state index in [0.717, 1.165) is 11.3 Å². The first-order valence-corrected chi connectivity index (χ1v) is 7.82. The van der Waals surface area contributed by atoms with Gasteiger partial charge >= 0.3 is 0 Å². The third kappa shape index (κ3) is 3.75. The fourth-order valence-electron chi connectivity index (χ4n) is 1.99. The maximum absolute atomic E-state index is 13.4. The molecule has 4 heteroatoms. The van der Waals surface area contributed by atoms with Gasteiger partial charge in [-0.25, -0.2) is 4.39 Å². The van der Waals surface area contributed by atoms with Crippen LogP contribution in [-0.2, 0) is 6.42 Å². The fourth-order valence-corrected chi connectivity index (χ4v) is 2.85. The molecule has 0 radical (unpaired) electrons. The van der Waals surface area contributed by atoms with Crippen molar-refractivity contribution in [1.82, 2.24) is 0 Å². The molecular formula is C16H16ClFOS. The highest BCUT2D eigenvalue weighted by atomic mass is 35.5. The molecule has 2 aromatic rings. The van der Waals surface area contributed by atoms with Gasteiger partial charge in [-0.2, -0.15) is 0 Å². The number of aliphatic hydroxyl groups is 1. The summed E-state index contributed by atoms with van der Waals surface area (Å²) in [6.45, 7) is 2.10. The zero-order valence-electron chi connectivity index (χ0n) is 11.1. The van der Waals surface area contributed by atoms with Crippen molar-refractivity contribution in [2.75, 3.05) is 5.75 Å². The van der Waals surface area contributed by atoms with Crippen LogP contribution in [0.15, 0.2) is 47.4 Å². The van der Waals surface area contributed by atoms with Crippen LogP contribution in [-0.4, -0.2) is 10.9 Å². The Morgan fingerprint density at radius 2 is 1.90 bits per heavy atom. The minimum atomic E-state index is -0.685. The Kier molecular flexibility index (Phi) is 5.46. The van der Waals surface area contributed by atoms with Gasteiger partial charge in [0, 0.05) is 11.3 Å². The lowest BCUT2D eigenvalue weighted by atomic mass is 10.0. The number of rotatable bonds is 5. The van der Waals surface area contributed by atoms with E-state index in [0.29, 0.717) is 12.0 Å². The molecule has 0 aliphatic heterocycles. The summed E-state index contributed by atoms with van der Waals surface area (Å²) in [5.41, 5.74) is 1.43. The van der Waals surface area contributed by atoms with Gasteiger partial charge in [0.25, 0.3) is 0 Å². The Bertz CT molecular complexity index is 571. The molecule has 0 bridgehead atoms. The van der Waals surface area contributed by atoms with E-state index >= 15 is 0 Å². The molecule has 1 atom stereocenters. The van der Waals surface area contributed by atoms with E-state index in [1.165, 1.54) is 11.0 Å². The number of halogens is 2. The summed E-state index contributed by atoms with van der Waals surface area (Å²) in [4.78, 5) is 1.17. The predicted molar refractivity (Wildman–Crippen MR) is 82.9 cm³/mol. The SMILES string of the molecule is CCSc1ccc(C(O)Cc2cccc(F)c2Cl)cc1. The summed E-state index contributed by atoms with van der Waals surface area (Å²) in [6, 6.07) is 12.4. The summed E-state index contributed by atoms with van der Waals surface area (Å²) in [5.74, 6) is 0.562. The average molecular weight is 311 g/mol. The van der Waals surface area contributed by atoms with Gasteiger partial charge < -0.3 is 5.11 Å². The molecule has 1 unspecified atom stereocenters. The van der Waals surface area contributed by atoms with Crippen LogP contribution in [0.1, 0.15) is 24.2 Å². The highest BCUT2D eigenvalue weighted by Crippen LogP contribution is 2.27. The molecule has 0 spiro atoms. The van der Waals surface area contributed by atoms with Crippen LogP contribution in [0.4, 0.5) is 4.39 Å². The Morgan fingerprint density at radius 3 is 2.55 bits per heavy atom. The number of aliphatic hydroxyl groups excluding tert-OH is 1. The summed E-state index contributed by atoms with van der Waals surface area (Å²) in [5, 5.41) is 10.3. The van der Waals surface area contributed by atoms with Crippen LogP contribution in [0.25, 0.3) is 0 Å². The van der Waals surface area contributed by atoms with Crippen LogP contribution in [0.5, 0.6) is 0 Å². The second-order valence-corrected chi connectivity index (χ2v) is 6.15. The molecule has 0 aliphatic rings. The lowest BCUT2D eigenvalue weighted by Crippen LogP contribution is -2.02. The average Bonchev–Trinajstić information content (AvgIpc) is 2.45. The van der Waals surface area contributed by atoms with E-state index in [-0.39, 0.29) is 5.02 Å². The molecule has 0 amide bonds. The number of hydrogen-bond donors (Lipinski definition) is 1. The Morgan fingerprint density at radius 1 is 1.20 bits per heavy atom. The van der Waals surface area contributed by atoms with Gasteiger partial charge in [-0.3, -0.25) is 0 Å². The first kappa shape index (κ1) is 15.4. The monoisotopic (exact) mass is 310 g/mol. The van der Waals surface area contributed by atoms with E-state index in [1.54, 1.807) is 23.9 Å². The van der Waals surface area contributed by atoms with Gasteiger partial charge in [-0.15, -0.1) is 11.8 Å². The van der Waals surface area contributed by atoms with Crippen LogP contribution in [0.3, 0.4) is 0 Å². The molecule has 0 saturated carbocycles. The molecule has 0 aliphatic carbocycles. The molecule has 0 aromatic heterocycles. The summed E-state index contributed by atoms with van der Waals surface area (Å²) in [6.07, 6.45) is -0.383. The Hall–Kier alpha value is -1.03. The third-order valence-electron chi connectivity index (χ3n) is 3.02. The van der Waals surface area contributed by atoms with Gasteiger partial charge in [0.15, 0.2) is 0 Å². The van der Waals surface area contributed by atoms with Crippen molar-refractivity contribution in [3.63, 3.8) is 0 Å². The molecule has 1 nitrogen and oxygen atoms in total. The first-order valence-electron chi connectivity index (χ1n) is 6.45. The molecular weight excluding hydrogens is 295 g/mol. The smallest absolute Gasteiger partial charge is 0.142 e. The van der Waals surface area contributed by atoms with Crippen molar-refractivity contribution in [2.24, 2.45) is 0 Å². The zero-order valence-corrected chi connectivity index (χ0v) is 12.7. The molecule has 0 fully saturated rings. The van der Waals surface area contributed by atoms with Crippen molar-refractivity contribution in [3.8, 4) is 0 Å². The molecule has 0 saturated heterocycles. The Labute approximate surface area is 127 Å². The number of thioether (sulfide) groups is 1. The largest absolute Gasteiger partial charge is 0.388 e. The van der Waals surface area contributed by atoms with E-state index in [2.05, 4.69) is 6.92 Å². The normalized spacial score (nSPS) is 12.4. The lowest BCUT2D eigenvalue weighted by Gasteiger charge is -2.13. The van der Waals surface area contributed by atoms with Gasteiger partial charge in [0.1, 0.15) is 5.82 Å². The number of benzene rings is 2. The molecule has 2 aromatic carbocycles. The Balaban J connectivity index is 2.11. The molecule has 0 heterocycles. The highest BCUT2D eigenvalue weighted by Gasteiger charge is 2.13. The quantitative estimate of drug-likeness (QED) is 0.795. The van der Waals surface area contributed by atoms with Gasteiger partial charge in [0.05, 0.1) is 11.1 Å². The zero-order chi connectivity index (χ0) is 14.5. The van der Waals surface area contributed by atoms with Crippen molar-refractivity contribution in [3.05, 3.63) is 64.4 Å². The van der Waals surface area contributed by atoms with E-state index in [1.807, 2.05) is 24.3 Å². The van der Waals surface area contributed by atoms with Crippen LogP contribution >= 0.6 is 23.4 Å². The van der Waals surface area contributed by atoms with Gasteiger partial charge in [-0.05, 0) is 35.1 Å². The molecule has 1 N–H and O–H groups in total. The van der Waals surface area contributed by atoms with E-state index < -0.39 is 11.9 Å². The van der Waals surface area contributed by atoms with Crippen molar-refractivity contribution < 1.29 is 9.50 Å². The topological polar surface area (TPSA) is 20.2 Å². The van der Waals surface area contributed by atoms with E-state index in [9.17, 15) is 9.50 Å². The second-order valence-electron chi connectivity index (χ2n) is 4.43. The standard InChI is InChI=1S/C16H16ClFOS/c1-2-20-13-8-6-11(7-9-13)15(19)10-12-4-3-5-14(18)16(12)17/h3-9,15,19H,2,10H2,1H3. The maximum Gasteiger partial charge on any atom is 0.142 e. The summed E-state index contributed by atoms with van der Waals surface area (Å²) >= 11 is 7.65. The minimum absolute atomic E-state index is 0.0877. The van der Waals surface area contributed by atoms with Gasteiger partial charge in [0.2, 0.25) is 0 Å². The summed E-state index contributed by atoms with van der Waals surface area (Å²) in [7, 11) is 0. The number of hydrogen-bond acceptors (Lipinski definition) is 2. The minimum Gasteiger partial charge on any atom is -0.388 e. The van der Waals surface area contributed by atoms with Crippen molar-refractivity contribution in [1.29, 1.82) is 0 Å². The van der Waals surface area contributed by atoms with Gasteiger partial charge in [-0.1, -0.05) is 42.8 Å².